The van der Waals surface area contributed by atoms with Gasteiger partial charge in [-0.3, -0.25) is 14.5 Å². The van der Waals surface area contributed by atoms with Crippen molar-refractivity contribution < 1.29 is 14.7 Å². The zero-order valence-corrected chi connectivity index (χ0v) is 12.6. The topological polar surface area (TPSA) is 69.6 Å². The van der Waals surface area contributed by atoms with Gasteiger partial charge in [-0.05, 0) is 25.8 Å². The van der Waals surface area contributed by atoms with Crippen LogP contribution in [0.3, 0.4) is 0 Å². The fourth-order valence-electron chi connectivity index (χ4n) is 1.90. The molecule has 5 heteroatoms. The molecule has 0 aliphatic rings. The first-order chi connectivity index (χ1) is 8.85. The van der Waals surface area contributed by atoms with E-state index in [0.29, 0.717) is 12.5 Å². The number of rotatable bonds is 10. The van der Waals surface area contributed by atoms with E-state index in [9.17, 15) is 9.59 Å². The van der Waals surface area contributed by atoms with Gasteiger partial charge < -0.3 is 10.4 Å². The zero-order valence-electron chi connectivity index (χ0n) is 12.6. The van der Waals surface area contributed by atoms with Crippen LogP contribution in [0.1, 0.15) is 47.0 Å². The summed E-state index contributed by atoms with van der Waals surface area (Å²) < 4.78 is 0. The molecule has 0 aromatic heterocycles. The molecule has 0 aliphatic heterocycles. The summed E-state index contributed by atoms with van der Waals surface area (Å²) in [6.45, 7) is 8.83. The van der Waals surface area contributed by atoms with Crippen LogP contribution in [0.4, 0.5) is 0 Å². The molecular weight excluding hydrogens is 244 g/mol. The molecule has 0 aromatic rings. The van der Waals surface area contributed by atoms with Gasteiger partial charge in [0, 0.05) is 6.04 Å². The number of aliphatic carboxylic acids is 1. The van der Waals surface area contributed by atoms with E-state index in [-0.39, 0.29) is 25.0 Å². The summed E-state index contributed by atoms with van der Waals surface area (Å²) in [7, 11) is 0. The molecule has 112 valence electrons. The van der Waals surface area contributed by atoms with E-state index >= 15 is 0 Å². The molecule has 1 atom stereocenters. The van der Waals surface area contributed by atoms with Gasteiger partial charge in [-0.25, -0.2) is 0 Å². The van der Waals surface area contributed by atoms with Crippen LogP contribution in [0.5, 0.6) is 0 Å². The highest BCUT2D eigenvalue weighted by molar-refractivity contribution is 5.79. The van der Waals surface area contributed by atoms with Crippen LogP contribution in [-0.2, 0) is 9.59 Å². The molecule has 0 saturated carbocycles. The number of carbonyl (C=O) groups is 2. The zero-order chi connectivity index (χ0) is 14.8. The van der Waals surface area contributed by atoms with Crippen molar-refractivity contribution in [3.8, 4) is 0 Å². The van der Waals surface area contributed by atoms with E-state index in [1.165, 1.54) is 6.42 Å². The second-order valence-electron chi connectivity index (χ2n) is 5.49. The first-order valence-electron chi connectivity index (χ1n) is 7.08. The largest absolute Gasteiger partial charge is 0.480 e. The first kappa shape index (κ1) is 17.9. The predicted molar refractivity (Wildman–Crippen MR) is 76.0 cm³/mol. The number of amides is 1. The molecule has 5 nitrogen and oxygen atoms in total. The fourth-order valence-corrected chi connectivity index (χ4v) is 1.90. The normalized spacial score (nSPS) is 12.7. The molecule has 1 unspecified atom stereocenters. The lowest BCUT2D eigenvalue weighted by molar-refractivity contribution is -0.138. The van der Waals surface area contributed by atoms with Gasteiger partial charge in [0.05, 0.1) is 13.1 Å². The predicted octanol–water partition coefficient (Wildman–Crippen LogP) is 1.72. The quantitative estimate of drug-likeness (QED) is 0.635. The maximum atomic E-state index is 11.8. The molecule has 0 heterocycles. The number of nitrogens with one attached hydrogen (secondary N) is 1. The summed E-state index contributed by atoms with van der Waals surface area (Å²) in [6, 6.07) is 0.148. The molecule has 19 heavy (non-hydrogen) atoms. The smallest absolute Gasteiger partial charge is 0.317 e. The van der Waals surface area contributed by atoms with Crippen LogP contribution in [0.15, 0.2) is 0 Å². The monoisotopic (exact) mass is 272 g/mol. The molecule has 0 radical (unpaired) electrons. The Morgan fingerprint density at radius 2 is 1.79 bits per heavy atom. The molecule has 2 N–H and O–H groups in total. The van der Waals surface area contributed by atoms with Gasteiger partial charge in [-0.2, -0.15) is 0 Å². The van der Waals surface area contributed by atoms with Crippen LogP contribution in [-0.4, -0.2) is 47.6 Å². The highest BCUT2D eigenvalue weighted by Crippen LogP contribution is 2.08. The third-order valence-electron chi connectivity index (χ3n) is 3.00. The van der Waals surface area contributed by atoms with Crippen molar-refractivity contribution in [3.05, 3.63) is 0 Å². The SMILES string of the molecule is CCN(CC(=O)O)CC(=O)NC(C)CCCC(C)C. The Hall–Kier alpha value is -1.10. The van der Waals surface area contributed by atoms with Crippen molar-refractivity contribution >= 4 is 11.9 Å². The number of carboxylic acid groups (broad SMARTS) is 1. The van der Waals surface area contributed by atoms with Crippen molar-refractivity contribution in [2.75, 3.05) is 19.6 Å². The van der Waals surface area contributed by atoms with Gasteiger partial charge in [0.25, 0.3) is 0 Å². The lowest BCUT2D eigenvalue weighted by atomic mass is 10.0. The molecule has 0 saturated heterocycles. The van der Waals surface area contributed by atoms with Crippen LogP contribution in [0.25, 0.3) is 0 Å². The van der Waals surface area contributed by atoms with E-state index in [1.54, 1.807) is 4.90 Å². The van der Waals surface area contributed by atoms with E-state index in [4.69, 9.17) is 5.11 Å². The number of nitrogens with zero attached hydrogens (tertiary/aromatic N) is 1. The minimum atomic E-state index is -0.903. The lowest BCUT2D eigenvalue weighted by Gasteiger charge is -2.20. The van der Waals surface area contributed by atoms with E-state index in [1.807, 2.05) is 13.8 Å². The van der Waals surface area contributed by atoms with Crippen molar-refractivity contribution in [2.24, 2.45) is 5.92 Å². The highest BCUT2D eigenvalue weighted by atomic mass is 16.4. The third kappa shape index (κ3) is 10.5. The van der Waals surface area contributed by atoms with E-state index in [0.717, 1.165) is 12.8 Å². The average molecular weight is 272 g/mol. The first-order valence-corrected chi connectivity index (χ1v) is 7.08. The number of carboxylic acids is 1. The van der Waals surface area contributed by atoms with Crippen LogP contribution >= 0.6 is 0 Å². The average Bonchev–Trinajstić information content (AvgIpc) is 2.26. The molecule has 0 rings (SSSR count). The maximum absolute atomic E-state index is 11.8. The minimum absolute atomic E-state index is 0.0916. The van der Waals surface area contributed by atoms with E-state index in [2.05, 4.69) is 19.2 Å². The van der Waals surface area contributed by atoms with Crippen molar-refractivity contribution in [1.29, 1.82) is 0 Å². The van der Waals surface area contributed by atoms with Crippen LogP contribution < -0.4 is 5.32 Å². The molecule has 0 aliphatic carbocycles. The maximum Gasteiger partial charge on any atom is 0.317 e. The summed E-state index contributed by atoms with van der Waals surface area (Å²) in [5, 5.41) is 11.6. The van der Waals surface area contributed by atoms with E-state index < -0.39 is 5.97 Å². The Kier molecular flexibility index (Phi) is 9.21. The van der Waals surface area contributed by atoms with Gasteiger partial charge >= 0.3 is 5.97 Å². The Morgan fingerprint density at radius 3 is 2.26 bits per heavy atom. The number of carbonyl (C=O) groups excluding carboxylic acids is 1. The summed E-state index contributed by atoms with van der Waals surface area (Å²) in [5.74, 6) is -0.311. The van der Waals surface area contributed by atoms with Crippen LogP contribution in [0.2, 0.25) is 0 Å². The van der Waals surface area contributed by atoms with Crippen molar-refractivity contribution in [3.63, 3.8) is 0 Å². The Bertz CT molecular complexity index is 280. The Labute approximate surface area is 116 Å². The third-order valence-corrected chi connectivity index (χ3v) is 3.00. The fraction of sp³-hybridized carbons (Fsp3) is 0.857. The highest BCUT2D eigenvalue weighted by Gasteiger charge is 2.13. The molecule has 0 fully saturated rings. The second-order valence-corrected chi connectivity index (χ2v) is 5.49. The second kappa shape index (κ2) is 9.78. The Morgan fingerprint density at radius 1 is 1.16 bits per heavy atom. The standard InChI is InChI=1S/C14H28N2O3/c1-5-16(10-14(18)19)9-13(17)15-12(4)8-6-7-11(2)3/h11-12H,5-10H2,1-4H3,(H,15,17)(H,18,19). The number of hydrogen-bond acceptors (Lipinski definition) is 3. The molecular formula is C14H28N2O3. The van der Waals surface area contributed by atoms with Gasteiger partial charge in [-0.15, -0.1) is 0 Å². The van der Waals surface area contributed by atoms with Crippen molar-refractivity contribution in [2.45, 2.75) is 53.0 Å². The van der Waals surface area contributed by atoms with Gasteiger partial charge in [0.2, 0.25) is 5.91 Å². The van der Waals surface area contributed by atoms with Crippen molar-refractivity contribution in [1.82, 2.24) is 10.2 Å². The Balaban J connectivity index is 3.91. The lowest BCUT2D eigenvalue weighted by Crippen LogP contribution is -2.42. The molecule has 0 aromatic carbocycles. The molecule has 0 spiro atoms. The van der Waals surface area contributed by atoms with Crippen LogP contribution in [0, 0.1) is 5.92 Å². The number of likely N-dealkylation sites (N-methyl/N-ethyl adjacent to an activating group) is 1. The van der Waals surface area contributed by atoms with Gasteiger partial charge in [0.1, 0.15) is 0 Å². The summed E-state index contributed by atoms with van der Waals surface area (Å²) in [4.78, 5) is 24.0. The molecule has 0 bridgehead atoms. The van der Waals surface area contributed by atoms with Gasteiger partial charge in [-0.1, -0.05) is 33.6 Å². The van der Waals surface area contributed by atoms with Gasteiger partial charge in [0.15, 0.2) is 0 Å². The molecule has 1 amide bonds. The minimum Gasteiger partial charge on any atom is -0.480 e. The summed E-state index contributed by atoms with van der Waals surface area (Å²) in [6.07, 6.45) is 3.24. The number of hydrogen-bond donors (Lipinski definition) is 2. The summed E-state index contributed by atoms with van der Waals surface area (Å²) >= 11 is 0. The summed E-state index contributed by atoms with van der Waals surface area (Å²) in [5.41, 5.74) is 0.